The Bertz CT molecular complexity index is 3220. The highest BCUT2D eigenvalue weighted by Gasteiger charge is 2.42. The van der Waals surface area contributed by atoms with Crippen LogP contribution in [0.1, 0.15) is 27.8 Å². The van der Waals surface area contributed by atoms with Crippen LogP contribution < -0.4 is 20.7 Å². The number of nitriles is 3. The van der Waals surface area contributed by atoms with Crippen molar-refractivity contribution in [2.24, 2.45) is 0 Å². The Hall–Kier alpha value is -8.53. The largest absolute Gasteiger partial charge is 0.309 e. The minimum absolute atomic E-state index is 0.631. The van der Waals surface area contributed by atoms with Crippen LogP contribution in [0.4, 0.5) is 0 Å². The van der Waals surface area contributed by atoms with Gasteiger partial charge in [-0.3, -0.25) is 0 Å². The fourth-order valence-corrected chi connectivity index (χ4v) is 14.3. The Balaban J connectivity index is 1.22. The number of hydrogen-bond acceptors (Lipinski definition) is 3. The van der Waals surface area contributed by atoms with Gasteiger partial charge in [0.25, 0.3) is 0 Å². The smallest absolute Gasteiger partial charge is 0.179 e. The highest BCUT2D eigenvalue weighted by molar-refractivity contribution is 7.19. The normalized spacial score (nSPS) is 11.2. The fraction of sp³-hybridized carbons (Fsp3) is 0.0339. The van der Waals surface area contributed by atoms with Gasteiger partial charge in [-0.05, 0) is 123 Å². The quantitative estimate of drug-likeness (QED) is 0.113. The van der Waals surface area contributed by atoms with E-state index in [4.69, 9.17) is 0 Å². The predicted octanol–water partition coefficient (Wildman–Crippen LogP) is 11.4. The first-order valence-electron chi connectivity index (χ1n) is 21.3. The van der Waals surface area contributed by atoms with Crippen molar-refractivity contribution in [2.75, 3.05) is 0 Å². The summed E-state index contributed by atoms with van der Waals surface area (Å²) in [6.45, 7) is 4.30. The molecule has 0 aliphatic carbocycles. The first-order chi connectivity index (χ1) is 31.4. The highest BCUT2D eigenvalue weighted by Crippen LogP contribution is 2.34. The average molecular weight is 833 g/mol. The highest BCUT2D eigenvalue weighted by atomic mass is 28.3. The van der Waals surface area contributed by atoms with Crippen LogP contribution in [-0.4, -0.2) is 12.6 Å². The number of aromatic nitrogens is 1. The Morgan fingerprint density at radius 2 is 0.672 bits per heavy atom. The maximum atomic E-state index is 10.0. The summed E-state index contributed by atoms with van der Waals surface area (Å²) in [5.41, 5.74) is 13.4. The van der Waals surface area contributed by atoms with E-state index in [-0.39, 0.29) is 0 Å². The van der Waals surface area contributed by atoms with Crippen LogP contribution in [0.3, 0.4) is 0 Å². The van der Waals surface area contributed by atoms with E-state index in [1.54, 1.807) is 0 Å². The molecule has 5 heteroatoms. The summed E-state index contributed by atoms with van der Waals surface area (Å²) in [4.78, 5) is 0. The van der Waals surface area contributed by atoms with Crippen molar-refractivity contribution in [3.8, 4) is 57.3 Å². The maximum absolute atomic E-state index is 10.0. The van der Waals surface area contributed by atoms with Gasteiger partial charge in [-0.25, -0.2) is 0 Å². The molecule has 0 atom stereocenters. The predicted molar refractivity (Wildman–Crippen MR) is 264 cm³/mol. The van der Waals surface area contributed by atoms with Crippen LogP contribution in [0.25, 0.3) is 60.9 Å². The summed E-state index contributed by atoms with van der Waals surface area (Å²) in [5.74, 6) is 0. The molecule has 0 unspecified atom stereocenters. The van der Waals surface area contributed by atoms with E-state index in [0.29, 0.717) is 16.7 Å². The zero-order valence-corrected chi connectivity index (χ0v) is 36.4. The Morgan fingerprint density at radius 1 is 0.359 bits per heavy atom. The Kier molecular flexibility index (Phi) is 10.1. The zero-order chi connectivity index (χ0) is 43.8. The molecule has 0 radical (unpaired) electrons. The lowest BCUT2D eigenvalue weighted by Crippen LogP contribution is -2.74. The molecule has 0 saturated carbocycles. The molecule has 1 heterocycles. The molecular formula is C59H40N4Si. The molecular weight excluding hydrogens is 793 g/mol. The lowest BCUT2D eigenvalue weighted by atomic mass is 10.0. The molecule has 0 bridgehead atoms. The Labute approximate surface area is 374 Å². The van der Waals surface area contributed by atoms with E-state index >= 15 is 0 Å². The van der Waals surface area contributed by atoms with Crippen molar-refractivity contribution < 1.29 is 0 Å². The molecule has 4 nitrogen and oxygen atoms in total. The third kappa shape index (κ3) is 6.68. The van der Waals surface area contributed by atoms with Crippen molar-refractivity contribution >= 4 is 50.6 Å². The van der Waals surface area contributed by atoms with Crippen LogP contribution in [0, 0.1) is 47.8 Å². The summed E-state index contributed by atoms with van der Waals surface area (Å²) in [7, 11) is -3.17. The van der Waals surface area contributed by atoms with E-state index in [9.17, 15) is 15.8 Å². The van der Waals surface area contributed by atoms with Gasteiger partial charge in [0.1, 0.15) is 0 Å². The summed E-state index contributed by atoms with van der Waals surface area (Å²) in [6, 6.07) is 79.4. The summed E-state index contributed by atoms with van der Waals surface area (Å²) in [6.07, 6.45) is 0. The molecule has 300 valence electrons. The van der Waals surface area contributed by atoms with Crippen molar-refractivity contribution in [3.05, 3.63) is 234 Å². The number of benzene rings is 9. The third-order valence-corrected chi connectivity index (χ3v) is 17.5. The lowest BCUT2D eigenvalue weighted by molar-refractivity contribution is 1.18. The van der Waals surface area contributed by atoms with Gasteiger partial charge in [0.2, 0.25) is 0 Å². The molecule has 0 N–H and O–H groups in total. The Morgan fingerprint density at radius 3 is 1.00 bits per heavy atom. The molecule has 0 aliphatic heterocycles. The van der Waals surface area contributed by atoms with E-state index in [2.05, 4.69) is 170 Å². The molecule has 10 aromatic rings. The number of fused-ring (bicyclic) bond motifs is 3. The minimum Gasteiger partial charge on any atom is -0.309 e. The summed E-state index contributed by atoms with van der Waals surface area (Å²) in [5, 5.41) is 37.3. The number of aryl methyl sites for hydroxylation is 2. The second kappa shape index (κ2) is 16.4. The van der Waals surface area contributed by atoms with Crippen LogP contribution >= 0.6 is 0 Å². The van der Waals surface area contributed by atoms with Crippen molar-refractivity contribution in [2.45, 2.75) is 13.8 Å². The molecule has 0 saturated heterocycles. The summed E-state index contributed by atoms with van der Waals surface area (Å²) < 4.78 is 2.38. The third-order valence-electron chi connectivity index (χ3n) is 12.7. The van der Waals surface area contributed by atoms with Gasteiger partial charge < -0.3 is 4.57 Å². The molecule has 0 aliphatic rings. The fourth-order valence-electron chi connectivity index (χ4n) is 9.59. The van der Waals surface area contributed by atoms with Crippen molar-refractivity contribution in [1.29, 1.82) is 15.8 Å². The molecule has 0 amide bonds. The standard InChI is InChI=1S/C59H40N4Si/c1-40-15-33-58-56(35-40)57-36-41(2)16-34-59(57)63(58)48-23-31-52(32-24-48)64(49-25-17-42(18-26-49)53-12-6-3-9-45(53)37-60,50-27-19-43(20-28-50)54-13-7-4-10-46(54)38-61)51-29-21-44(22-30-51)55-14-8-5-11-47(55)39-62/h3-36H,1-2H3. The van der Waals surface area contributed by atoms with Gasteiger partial charge in [-0.15, -0.1) is 0 Å². The second-order valence-corrected chi connectivity index (χ2v) is 20.2. The van der Waals surface area contributed by atoms with Crippen LogP contribution in [0.5, 0.6) is 0 Å². The average Bonchev–Trinajstić information content (AvgIpc) is 3.67. The molecule has 9 aromatic carbocycles. The topological polar surface area (TPSA) is 76.3 Å². The minimum atomic E-state index is -3.17. The van der Waals surface area contributed by atoms with Crippen LogP contribution in [0.2, 0.25) is 0 Å². The van der Waals surface area contributed by atoms with E-state index in [1.165, 1.54) is 42.6 Å². The second-order valence-electron chi connectivity index (χ2n) is 16.4. The van der Waals surface area contributed by atoms with Crippen LogP contribution in [0.15, 0.2) is 206 Å². The van der Waals surface area contributed by atoms with Gasteiger partial charge in [-0.1, -0.05) is 163 Å². The van der Waals surface area contributed by atoms with E-state index in [0.717, 1.165) is 50.1 Å². The van der Waals surface area contributed by atoms with Crippen molar-refractivity contribution in [3.63, 3.8) is 0 Å². The van der Waals surface area contributed by atoms with Gasteiger partial charge in [-0.2, -0.15) is 15.8 Å². The van der Waals surface area contributed by atoms with E-state index in [1.807, 2.05) is 72.8 Å². The molecule has 0 spiro atoms. The zero-order valence-electron chi connectivity index (χ0n) is 35.4. The first-order valence-corrected chi connectivity index (χ1v) is 23.3. The lowest BCUT2D eigenvalue weighted by Gasteiger charge is -2.35. The molecule has 10 rings (SSSR count). The van der Waals surface area contributed by atoms with Gasteiger partial charge in [0, 0.05) is 16.5 Å². The molecule has 64 heavy (non-hydrogen) atoms. The number of nitrogens with zero attached hydrogens (tertiary/aromatic N) is 4. The number of hydrogen-bond donors (Lipinski definition) is 0. The molecule has 1 aromatic heterocycles. The maximum Gasteiger partial charge on any atom is 0.179 e. The number of rotatable bonds is 8. The molecule has 0 fully saturated rings. The van der Waals surface area contributed by atoms with Gasteiger partial charge in [0.15, 0.2) is 8.07 Å². The SMILES string of the molecule is Cc1ccc2c(c1)c1cc(C)ccc1n2-c1ccc([Si](c2ccc(-c3ccccc3C#N)cc2)(c2ccc(-c3ccccc3C#N)cc2)c2ccc(-c3ccccc3C#N)cc2)cc1. The van der Waals surface area contributed by atoms with Crippen LogP contribution in [-0.2, 0) is 0 Å². The monoisotopic (exact) mass is 832 g/mol. The van der Waals surface area contributed by atoms with Gasteiger partial charge >= 0.3 is 0 Å². The van der Waals surface area contributed by atoms with Crippen molar-refractivity contribution in [1.82, 2.24) is 4.57 Å². The van der Waals surface area contributed by atoms with E-state index < -0.39 is 8.07 Å². The first kappa shape index (κ1) is 39.6. The summed E-state index contributed by atoms with van der Waals surface area (Å²) >= 11 is 0. The van der Waals surface area contributed by atoms with Gasteiger partial charge in [0.05, 0.1) is 45.9 Å².